The SMILES string of the molecule is CCCCCCCCCCCCC(=O)OCC1(CO)COC(=O)CC(S(=O)(=O)[O-])C(=O)OC1.[Na+]. The predicted octanol–water partition coefficient (Wildman–Crippen LogP) is -0.773. The third kappa shape index (κ3) is 13.4. The molecule has 10 nitrogen and oxygen atoms in total. The van der Waals surface area contributed by atoms with E-state index in [-0.39, 0.29) is 36.0 Å². The number of carbonyl (C=O) groups is 3. The molecule has 0 radical (unpaired) electrons. The Labute approximate surface area is 224 Å². The van der Waals surface area contributed by atoms with Crippen LogP contribution in [0.5, 0.6) is 0 Å². The van der Waals surface area contributed by atoms with E-state index >= 15 is 0 Å². The fraction of sp³-hybridized carbons (Fsp3) is 0.864. The second-order valence-corrected chi connectivity index (χ2v) is 10.3. The second kappa shape index (κ2) is 17.7. The van der Waals surface area contributed by atoms with Gasteiger partial charge in [0.25, 0.3) is 0 Å². The van der Waals surface area contributed by atoms with Gasteiger partial charge in [-0.05, 0) is 6.42 Å². The zero-order chi connectivity index (χ0) is 24.7. The molecule has 192 valence electrons. The summed E-state index contributed by atoms with van der Waals surface area (Å²) in [4.78, 5) is 35.9. The van der Waals surface area contributed by atoms with Gasteiger partial charge in [0, 0.05) is 6.42 Å². The molecule has 1 aliphatic heterocycles. The second-order valence-electron chi connectivity index (χ2n) is 8.70. The van der Waals surface area contributed by atoms with Crippen LogP contribution in [0.25, 0.3) is 0 Å². The van der Waals surface area contributed by atoms with Crippen LogP contribution in [0.4, 0.5) is 0 Å². The quantitative estimate of drug-likeness (QED) is 0.0963. The predicted molar refractivity (Wildman–Crippen MR) is 117 cm³/mol. The van der Waals surface area contributed by atoms with Crippen molar-refractivity contribution in [3.8, 4) is 0 Å². The number of unbranched alkanes of at least 4 members (excludes halogenated alkanes) is 9. The zero-order valence-electron chi connectivity index (χ0n) is 20.4. The first-order valence-corrected chi connectivity index (χ1v) is 13.1. The molecule has 0 bridgehead atoms. The number of hydrogen-bond acceptors (Lipinski definition) is 10. The fourth-order valence-electron chi connectivity index (χ4n) is 3.39. The molecule has 1 saturated heterocycles. The van der Waals surface area contributed by atoms with Gasteiger partial charge < -0.3 is 23.9 Å². The topological polar surface area (TPSA) is 156 Å². The summed E-state index contributed by atoms with van der Waals surface area (Å²) in [5, 5.41) is 7.55. The average molecular weight is 517 g/mol. The van der Waals surface area contributed by atoms with E-state index in [0.717, 1.165) is 19.3 Å². The van der Waals surface area contributed by atoms with Crippen LogP contribution >= 0.6 is 0 Å². The molecule has 1 rings (SSSR count). The Morgan fingerprint density at radius 1 is 1.03 bits per heavy atom. The Morgan fingerprint density at radius 3 is 2.09 bits per heavy atom. The molecule has 12 heteroatoms. The van der Waals surface area contributed by atoms with Crippen LogP contribution in [-0.2, 0) is 38.7 Å². The zero-order valence-corrected chi connectivity index (χ0v) is 23.2. The summed E-state index contributed by atoms with van der Waals surface area (Å²) < 4.78 is 48.6. The molecule has 2 unspecified atom stereocenters. The van der Waals surface area contributed by atoms with Gasteiger partial charge in [0.1, 0.15) is 29.9 Å². The molecule has 0 aromatic carbocycles. The average Bonchev–Trinajstić information content (AvgIpc) is 2.83. The van der Waals surface area contributed by atoms with Crippen molar-refractivity contribution in [2.75, 3.05) is 26.4 Å². The molecule has 0 aromatic heterocycles. The van der Waals surface area contributed by atoms with Crippen molar-refractivity contribution in [2.45, 2.75) is 89.2 Å². The number of hydrogen-bond donors (Lipinski definition) is 1. The Balaban J connectivity index is 0.0000109. The number of cyclic esters (lactones) is 2. The molecule has 0 saturated carbocycles. The number of ether oxygens (including phenoxy) is 3. The molecule has 34 heavy (non-hydrogen) atoms. The van der Waals surface area contributed by atoms with E-state index in [4.69, 9.17) is 14.2 Å². The molecule has 1 aliphatic rings. The molecule has 0 aliphatic carbocycles. The van der Waals surface area contributed by atoms with Gasteiger partial charge in [-0.15, -0.1) is 0 Å². The van der Waals surface area contributed by atoms with Crippen LogP contribution in [0.1, 0.15) is 84.0 Å². The van der Waals surface area contributed by atoms with Crippen molar-refractivity contribution in [1.82, 2.24) is 0 Å². The maximum Gasteiger partial charge on any atom is 1.00 e. The van der Waals surface area contributed by atoms with Crippen molar-refractivity contribution in [2.24, 2.45) is 5.41 Å². The summed E-state index contributed by atoms with van der Waals surface area (Å²) in [6.45, 7) is 0.0973. The molecular weight excluding hydrogens is 479 g/mol. The summed E-state index contributed by atoms with van der Waals surface area (Å²) in [6, 6.07) is 0. The normalized spacial score (nSPS) is 21.3. The van der Waals surface area contributed by atoms with Crippen molar-refractivity contribution in [3.05, 3.63) is 0 Å². The van der Waals surface area contributed by atoms with Crippen LogP contribution in [-0.4, -0.2) is 67.7 Å². The van der Waals surface area contributed by atoms with Gasteiger partial charge in [-0.1, -0.05) is 64.7 Å². The van der Waals surface area contributed by atoms with Gasteiger partial charge >= 0.3 is 47.5 Å². The van der Waals surface area contributed by atoms with Gasteiger partial charge in [-0.25, -0.2) is 8.42 Å². The van der Waals surface area contributed by atoms with Gasteiger partial charge in [0.2, 0.25) is 0 Å². The van der Waals surface area contributed by atoms with E-state index in [2.05, 4.69) is 6.92 Å². The molecule has 0 aromatic rings. The third-order valence-corrected chi connectivity index (χ3v) is 6.69. The van der Waals surface area contributed by atoms with E-state index < -0.39 is 71.5 Å². The smallest absolute Gasteiger partial charge is 0.747 e. The maximum atomic E-state index is 12.1. The summed E-state index contributed by atoms with van der Waals surface area (Å²) in [5.41, 5.74) is -1.44. The van der Waals surface area contributed by atoms with Gasteiger partial charge in [-0.2, -0.15) is 0 Å². The first kappa shape index (κ1) is 33.3. The standard InChI is InChI=1S/C22H38O10S.Na/c1-2-3-4-5-6-7-8-9-10-11-12-19(24)30-15-22(14-23)16-31-20(25)13-18(33(27,28)29)21(26)32-17-22;/h18,23H,2-17H2,1H3,(H,27,28,29);/q;+1/p-1. The van der Waals surface area contributed by atoms with Crippen LogP contribution < -0.4 is 29.6 Å². The molecule has 0 spiro atoms. The number of esters is 3. The Morgan fingerprint density at radius 2 is 1.56 bits per heavy atom. The summed E-state index contributed by atoms with van der Waals surface area (Å²) >= 11 is 0. The summed E-state index contributed by atoms with van der Waals surface area (Å²) in [7, 11) is -5.13. The van der Waals surface area contributed by atoms with E-state index in [1.165, 1.54) is 38.5 Å². The van der Waals surface area contributed by atoms with Crippen LogP contribution in [0.3, 0.4) is 0 Å². The molecule has 2 atom stereocenters. The van der Waals surface area contributed by atoms with Gasteiger partial charge in [0.05, 0.1) is 18.4 Å². The van der Waals surface area contributed by atoms with Crippen LogP contribution in [0.15, 0.2) is 0 Å². The van der Waals surface area contributed by atoms with E-state index in [1.54, 1.807) is 0 Å². The number of rotatable bonds is 15. The van der Waals surface area contributed by atoms with Gasteiger partial charge in [0.15, 0.2) is 5.25 Å². The molecule has 1 N–H and O–H groups in total. The van der Waals surface area contributed by atoms with Crippen molar-refractivity contribution in [1.29, 1.82) is 0 Å². The van der Waals surface area contributed by atoms with Crippen molar-refractivity contribution in [3.63, 3.8) is 0 Å². The Bertz CT molecular complexity index is 727. The molecule has 0 amide bonds. The number of carbonyl (C=O) groups excluding carboxylic acids is 3. The van der Waals surface area contributed by atoms with Gasteiger partial charge in [-0.3, -0.25) is 14.4 Å². The minimum absolute atomic E-state index is 0. The van der Waals surface area contributed by atoms with Crippen molar-refractivity contribution >= 4 is 28.0 Å². The first-order valence-electron chi connectivity index (χ1n) is 11.7. The minimum atomic E-state index is -5.13. The third-order valence-electron chi connectivity index (χ3n) is 5.63. The molecule has 1 heterocycles. The first-order chi connectivity index (χ1) is 15.6. The summed E-state index contributed by atoms with van der Waals surface area (Å²) in [6.07, 6.45) is 10.4. The number of aliphatic hydroxyl groups is 1. The monoisotopic (exact) mass is 516 g/mol. The van der Waals surface area contributed by atoms with Crippen LogP contribution in [0, 0.1) is 5.41 Å². The van der Waals surface area contributed by atoms with E-state index in [9.17, 15) is 32.5 Å². The Hall–Kier alpha value is -0.720. The molecular formula is C22H37NaO10S. The Kier molecular flexibility index (Phi) is 17.3. The summed E-state index contributed by atoms with van der Waals surface area (Å²) in [5.74, 6) is -3.01. The fourth-order valence-corrected chi connectivity index (χ4v) is 4.03. The maximum absolute atomic E-state index is 12.1. The minimum Gasteiger partial charge on any atom is -0.747 e. The van der Waals surface area contributed by atoms with Crippen molar-refractivity contribution < 1.29 is 76.2 Å². The van der Waals surface area contributed by atoms with E-state index in [0.29, 0.717) is 6.42 Å². The van der Waals surface area contributed by atoms with Crippen LogP contribution in [0.2, 0.25) is 0 Å². The number of aliphatic hydroxyl groups excluding tert-OH is 1. The van der Waals surface area contributed by atoms with E-state index in [1.807, 2.05) is 0 Å². The largest absolute Gasteiger partial charge is 1.00 e. The molecule has 1 fully saturated rings.